The third kappa shape index (κ3) is 3.36. The second-order valence-electron chi connectivity index (χ2n) is 5.32. The number of nitrogens with one attached hydrogen (secondary N) is 1. The highest BCUT2D eigenvalue weighted by molar-refractivity contribution is 6.33. The van der Waals surface area contributed by atoms with E-state index in [1.807, 2.05) is 0 Å². The minimum atomic E-state index is -1.18. The summed E-state index contributed by atoms with van der Waals surface area (Å²) < 4.78 is 32.1. The molecule has 0 aliphatic carbocycles. The van der Waals surface area contributed by atoms with Crippen LogP contribution in [0.5, 0.6) is 5.75 Å². The fourth-order valence-electron chi connectivity index (χ4n) is 2.47. The first kappa shape index (κ1) is 17.8. The molecule has 0 unspecified atom stereocenters. The molecule has 0 spiro atoms. The average molecular weight is 380 g/mol. The van der Waals surface area contributed by atoms with Crippen LogP contribution < -0.4 is 10.1 Å². The van der Waals surface area contributed by atoms with Gasteiger partial charge in [-0.3, -0.25) is 4.79 Å². The number of halogens is 3. The standard InChI is InChI=1S/C17H12ClF2N3O3/c1-26-13-6-12-9(4-8(13)5-14(24)25)17(22-7-21-12)23-11-3-2-10(19)16(20)15(11)18/h2-4,6-7H,5H2,1H3,(H,24,25)(H,21,22,23). The largest absolute Gasteiger partial charge is 0.496 e. The van der Waals surface area contributed by atoms with E-state index in [0.29, 0.717) is 22.2 Å². The number of methoxy groups -OCH3 is 1. The van der Waals surface area contributed by atoms with Gasteiger partial charge in [0.25, 0.3) is 0 Å². The zero-order chi connectivity index (χ0) is 18.8. The summed E-state index contributed by atoms with van der Waals surface area (Å²) in [5, 5.41) is 11.9. The highest BCUT2D eigenvalue weighted by Crippen LogP contribution is 2.33. The maximum absolute atomic E-state index is 13.7. The molecule has 134 valence electrons. The minimum Gasteiger partial charge on any atom is -0.496 e. The number of aromatic nitrogens is 2. The summed E-state index contributed by atoms with van der Waals surface area (Å²) in [7, 11) is 1.42. The first-order chi connectivity index (χ1) is 12.4. The van der Waals surface area contributed by atoms with Gasteiger partial charge in [-0.25, -0.2) is 18.7 Å². The molecule has 26 heavy (non-hydrogen) atoms. The van der Waals surface area contributed by atoms with E-state index in [4.69, 9.17) is 21.4 Å². The molecule has 0 fully saturated rings. The molecule has 0 radical (unpaired) electrons. The number of nitrogens with zero attached hydrogens (tertiary/aromatic N) is 2. The summed E-state index contributed by atoms with van der Waals surface area (Å²) in [6.45, 7) is 0. The summed E-state index contributed by atoms with van der Waals surface area (Å²) >= 11 is 5.83. The van der Waals surface area contributed by atoms with Crippen LogP contribution in [0.15, 0.2) is 30.6 Å². The lowest BCUT2D eigenvalue weighted by Crippen LogP contribution is -2.04. The van der Waals surface area contributed by atoms with Crippen LogP contribution in [0.25, 0.3) is 10.9 Å². The summed E-state index contributed by atoms with van der Waals surface area (Å²) in [4.78, 5) is 19.3. The maximum atomic E-state index is 13.7. The highest BCUT2D eigenvalue weighted by Gasteiger charge is 2.16. The van der Waals surface area contributed by atoms with E-state index in [9.17, 15) is 13.6 Å². The van der Waals surface area contributed by atoms with Crippen LogP contribution in [0.3, 0.4) is 0 Å². The molecule has 1 heterocycles. The van der Waals surface area contributed by atoms with E-state index in [2.05, 4.69) is 15.3 Å². The van der Waals surface area contributed by atoms with E-state index in [-0.39, 0.29) is 17.9 Å². The molecule has 3 aromatic rings. The number of fused-ring (bicyclic) bond motifs is 1. The maximum Gasteiger partial charge on any atom is 0.307 e. The Kier molecular flexibility index (Phi) is 4.85. The Balaban J connectivity index is 2.11. The van der Waals surface area contributed by atoms with Gasteiger partial charge in [-0.15, -0.1) is 0 Å². The zero-order valence-electron chi connectivity index (χ0n) is 13.4. The smallest absolute Gasteiger partial charge is 0.307 e. The molecular weight excluding hydrogens is 368 g/mol. The number of carboxylic acid groups (broad SMARTS) is 1. The molecule has 0 aliphatic heterocycles. The highest BCUT2D eigenvalue weighted by atomic mass is 35.5. The number of hydrogen-bond donors (Lipinski definition) is 2. The molecule has 9 heteroatoms. The zero-order valence-corrected chi connectivity index (χ0v) is 14.1. The minimum absolute atomic E-state index is 0.112. The van der Waals surface area contributed by atoms with Gasteiger partial charge in [0, 0.05) is 17.0 Å². The van der Waals surface area contributed by atoms with Crippen molar-refractivity contribution >= 4 is 40.0 Å². The molecule has 2 aromatic carbocycles. The fourth-order valence-corrected chi connectivity index (χ4v) is 2.67. The number of ether oxygens (including phenoxy) is 1. The molecule has 0 saturated heterocycles. The van der Waals surface area contributed by atoms with Gasteiger partial charge in [-0.05, 0) is 18.2 Å². The van der Waals surface area contributed by atoms with Crippen molar-refractivity contribution in [3.05, 3.63) is 52.8 Å². The number of anilines is 2. The van der Waals surface area contributed by atoms with E-state index in [1.165, 1.54) is 19.5 Å². The van der Waals surface area contributed by atoms with E-state index in [1.54, 1.807) is 12.1 Å². The van der Waals surface area contributed by atoms with Gasteiger partial charge in [0.2, 0.25) is 0 Å². The fraction of sp³-hybridized carbons (Fsp3) is 0.118. The molecule has 3 rings (SSSR count). The molecular formula is C17H12ClF2N3O3. The Bertz CT molecular complexity index is 1010. The van der Waals surface area contributed by atoms with Gasteiger partial charge in [-0.1, -0.05) is 11.6 Å². The first-order valence-electron chi connectivity index (χ1n) is 7.34. The van der Waals surface area contributed by atoms with Gasteiger partial charge < -0.3 is 15.2 Å². The van der Waals surface area contributed by atoms with Crippen molar-refractivity contribution in [3.63, 3.8) is 0 Å². The third-order valence-electron chi connectivity index (χ3n) is 3.67. The lowest BCUT2D eigenvalue weighted by molar-refractivity contribution is -0.136. The number of carbonyl (C=O) groups is 1. The number of benzene rings is 2. The average Bonchev–Trinajstić information content (AvgIpc) is 2.61. The Morgan fingerprint density at radius 2 is 2.08 bits per heavy atom. The van der Waals surface area contributed by atoms with Gasteiger partial charge in [-0.2, -0.15) is 0 Å². The molecule has 0 bridgehead atoms. The summed E-state index contributed by atoms with van der Waals surface area (Å²) in [5.74, 6) is -2.64. The molecule has 0 amide bonds. The predicted molar refractivity (Wildman–Crippen MR) is 92.1 cm³/mol. The topological polar surface area (TPSA) is 84.3 Å². The van der Waals surface area contributed by atoms with Gasteiger partial charge in [0.05, 0.1) is 24.7 Å². The SMILES string of the molecule is COc1cc2ncnc(Nc3ccc(F)c(F)c3Cl)c2cc1CC(=O)O. The summed E-state index contributed by atoms with van der Waals surface area (Å²) in [6.07, 6.45) is 1.01. The Morgan fingerprint density at radius 1 is 1.31 bits per heavy atom. The lowest BCUT2D eigenvalue weighted by atomic mass is 10.1. The molecule has 0 saturated carbocycles. The van der Waals surface area contributed by atoms with Crippen LogP contribution >= 0.6 is 11.6 Å². The summed E-state index contributed by atoms with van der Waals surface area (Å²) in [5.41, 5.74) is 1.01. The monoisotopic (exact) mass is 379 g/mol. The van der Waals surface area contributed by atoms with Crippen molar-refractivity contribution in [1.82, 2.24) is 9.97 Å². The Morgan fingerprint density at radius 3 is 2.77 bits per heavy atom. The van der Waals surface area contributed by atoms with Gasteiger partial charge >= 0.3 is 5.97 Å². The normalized spacial score (nSPS) is 10.8. The van der Waals surface area contributed by atoms with Crippen LogP contribution in [0.2, 0.25) is 5.02 Å². The van der Waals surface area contributed by atoms with Crippen LogP contribution in [-0.2, 0) is 11.2 Å². The Labute approximate surface area is 151 Å². The second-order valence-corrected chi connectivity index (χ2v) is 5.70. The number of aliphatic carboxylic acids is 1. The molecule has 1 aromatic heterocycles. The van der Waals surface area contributed by atoms with Gasteiger partial charge in [0.15, 0.2) is 11.6 Å². The number of carboxylic acids is 1. The van der Waals surface area contributed by atoms with Crippen LogP contribution in [0.4, 0.5) is 20.3 Å². The van der Waals surface area contributed by atoms with Crippen molar-refractivity contribution in [3.8, 4) is 5.75 Å². The van der Waals surface area contributed by atoms with Crippen LogP contribution in [-0.4, -0.2) is 28.2 Å². The quantitative estimate of drug-likeness (QED) is 0.653. The predicted octanol–water partition coefficient (Wildman–Crippen LogP) is 3.94. The van der Waals surface area contributed by atoms with E-state index < -0.39 is 22.6 Å². The lowest BCUT2D eigenvalue weighted by Gasteiger charge is -2.13. The molecule has 6 nitrogen and oxygen atoms in total. The van der Waals surface area contributed by atoms with Crippen LogP contribution in [0, 0.1) is 11.6 Å². The second kappa shape index (κ2) is 7.09. The molecule has 2 N–H and O–H groups in total. The van der Waals surface area contributed by atoms with Gasteiger partial charge in [0.1, 0.15) is 22.9 Å². The Hall–Kier alpha value is -3.00. The van der Waals surface area contributed by atoms with E-state index >= 15 is 0 Å². The summed E-state index contributed by atoms with van der Waals surface area (Å²) in [6, 6.07) is 5.36. The molecule has 0 aliphatic rings. The van der Waals surface area contributed by atoms with Crippen molar-refractivity contribution in [2.75, 3.05) is 12.4 Å². The van der Waals surface area contributed by atoms with Crippen molar-refractivity contribution in [1.29, 1.82) is 0 Å². The van der Waals surface area contributed by atoms with E-state index in [0.717, 1.165) is 6.07 Å². The number of hydrogen-bond acceptors (Lipinski definition) is 5. The van der Waals surface area contributed by atoms with Crippen molar-refractivity contribution < 1.29 is 23.4 Å². The van der Waals surface area contributed by atoms with Crippen LogP contribution in [0.1, 0.15) is 5.56 Å². The van der Waals surface area contributed by atoms with Crippen molar-refractivity contribution in [2.45, 2.75) is 6.42 Å². The van der Waals surface area contributed by atoms with Crippen molar-refractivity contribution in [2.24, 2.45) is 0 Å². The number of rotatable bonds is 5. The first-order valence-corrected chi connectivity index (χ1v) is 7.72. The third-order valence-corrected chi connectivity index (χ3v) is 4.04. The molecule has 0 atom stereocenters.